The van der Waals surface area contributed by atoms with Crippen LogP contribution in [0.2, 0.25) is 0 Å². The maximum atomic E-state index is 11.6. The number of rotatable bonds is 4. The molecule has 0 heterocycles. The Hall–Kier alpha value is -1.61. The van der Waals surface area contributed by atoms with Crippen LogP contribution < -0.4 is 5.32 Å². The zero-order valence-corrected chi connectivity index (χ0v) is 9.73. The van der Waals surface area contributed by atoms with Crippen LogP contribution in [0.1, 0.15) is 30.0 Å². The van der Waals surface area contributed by atoms with Crippen LogP contribution in [-0.4, -0.2) is 17.1 Å². The van der Waals surface area contributed by atoms with Crippen LogP contribution in [-0.2, 0) is 11.2 Å². The van der Waals surface area contributed by atoms with Crippen LogP contribution in [0, 0.1) is 0 Å². The number of carbonyl (C=O) groups is 1. The van der Waals surface area contributed by atoms with E-state index in [4.69, 9.17) is 0 Å². The van der Waals surface area contributed by atoms with E-state index >= 15 is 0 Å². The lowest BCUT2D eigenvalue weighted by Gasteiger charge is -2.17. The Morgan fingerprint density at radius 2 is 2.29 bits per heavy atom. The van der Waals surface area contributed by atoms with E-state index in [1.807, 2.05) is 24.3 Å². The van der Waals surface area contributed by atoms with Gasteiger partial charge in [0, 0.05) is 12.8 Å². The third-order valence-electron chi connectivity index (χ3n) is 3.10. The van der Waals surface area contributed by atoms with Gasteiger partial charge in [-0.2, -0.15) is 0 Å². The lowest BCUT2D eigenvalue weighted by molar-refractivity contribution is -0.122. The highest BCUT2D eigenvalue weighted by molar-refractivity contribution is 5.76. The average Bonchev–Trinajstić information content (AvgIpc) is 2.64. The molecule has 0 aromatic heterocycles. The Bertz CT molecular complexity index is 428. The monoisotopic (exact) mass is 231 g/mol. The summed E-state index contributed by atoms with van der Waals surface area (Å²) in [5, 5.41) is 12.8. The fourth-order valence-corrected chi connectivity index (χ4v) is 2.23. The van der Waals surface area contributed by atoms with E-state index in [-0.39, 0.29) is 11.9 Å². The summed E-state index contributed by atoms with van der Waals surface area (Å²) in [6, 6.07) is 7.58. The highest BCUT2D eigenvalue weighted by Crippen LogP contribution is 2.31. The number of carbonyl (C=O) groups excluding carboxylic acids is 1. The summed E-state index contributed by atoms with van der Waals surface area (Å²) in [6.07, 6.45) is 2.91. The summed E-state index contributed by atoms with van der Waals surface area (Å²) in [5.41, 5.74) is 2.15. The van der Waals surface area contributed by atoms with E-state index in [9.17, 15) is 9.90 Å². The zero-order valence-electron chi connectivity index (χ0n) is 9.73. The van der Waals surface area contributed by atoms with Gasteiger partial charge in [0.15, 0.2) is 0 Å². The predicted octanol–water partition coefficient (Wildman–Crippen LogP) is 1.73. The fraction of sp³-hybridized carbons (Fsp3) is 0.357. The molecule has 0 aliphatic heterocycles. The number of hydrogen-bond donors (Lipinski definition) is 2. The molecule has 0 spiro atoms. The van der Waals surface area contributed by atoms with Crippen molar-refractivity contribution in [1.29, 1.82) is 0 Å². The molecule has 0 radical (unpaired) electrons. The van der Waals surface area contributed by atoms with E-state index < -0.39 is 6.10 Å². The van der Waals surface area contributed by atoms with Gasteiger partial charge in [0.25, 0.3) is 0 Å². The number of nitrogens with one attached hydrogen (secondary N) is 1. The van der Waals surface area contributed by atoms with Crippen LogP contribution in [0.25, 0.3) is 0 Å². The van der Waals surface area contributed by atoms with Gasteiger partial charge in [-0.05, 0) is 17.5 Å². The van der Waals surface area contributed by atoms with Crippen molar-refractivity contribution in [3.8, 4) is 0 Å². The quantitative estimate of drug-likeness (QED) is 0.775. The van der Waals surface area contributed by atoms with Crippen molar-refractivity contribution in [3.63, 3.8) is 0 Å². The molecule has 0 unspecified atom stereocenters. The second-order valence-electron chi connectivity index (χ2n) is 4.34. The van der Waals surface area contributed by atoms with Crippen molar-refractivity contribution < 1.29 is 9.90 Å². The summed E-state index contributed by atoms with van der Waals surface area (Å²) in [4.78, 5) is 11.6. The van der Waals surface area contributed by atoms with Gasteiger partial charge < -0.3 is 10.4 Å². The van der Waals surface area contributed by atoms with E-state index in [2.05, 4.69) is 11.9 Å². The van der Waals surface area contributed by atoms with Gasteiger partial charge in [-0.1, -0.05) is 30.3 Å². The standard InChI is InChI=1S/C14H17NO2/c1-2-3-8-13(17)15-14-11-7-5-4-6-10(11)9-12(14)16/h2,4-7,12,14,16H,1,3,8-9H2,(H,15,17)/t12-,14-/m1/s1. The predicted molar refractivity (Wildman–Crippen MR) is 66.5 cm³/mol. The highest BCUT2D eigenvalue weighted by atomic mass is 16.3. The van der Waals surface area contributed by atoms with Crippen molar-refractivity contribution in [2.24, 2.45) is 0 Å². The van der Waals surface area contributed by atoms with E-state index in [0.29, 0.717) is 19.3 Å². The summed E-state index contributed by atoms with van der Waals surface area (Å²) in [7, 11) is 0. The Morgan fingerprint density at radius 3 is 3.06 bits per heavy atom. The first-order valence-electron chi connectivity index (χ1n) is 5.88. The first kappa shape index (κ1) is 11.9. The molecule has 1 aliphatic carbocycles. The molecule has 2 rings (SSSR count). The van der Waals surface area contributed by atoms with E-state index in [1.165, 1.54) is 0 Å². The number of hydrogen-bond acceptors (Lipinski definition) is 2. The Labute approximate surface area is 101 Å². The van der Waals surface area contributed by atoms with Crippen LogP contribution in [0.5, 0.6) is 0 Å². The molecule has 1 aromatic rings. The molecule has 17 heavy (non-hydrogen) atoms. The van der Waals surface area contributed by atoms with Gasteiger partial charge in [0.05, 0.1) is 12.1 Å². The normalized spacial score (nSPS) is 21.9. The second kappa shape index (κ2) is 5.15. The van der Waals surface area contributed by atoms with E-state index in [0.717, 1.165) is 11.1 Å². The Balaban J connectivity index is 2.06. The second-order valence-corrected chi connectivity index (χ2v) is 4.34. The molecule has 1 aromatic carbocycles. The van der Waals surface area contributed by atoms with Gasteiger partial charge in [0.2, 0.25) is 5.91 Å². The molecule has 3 heteroatoms. The number of benzene rings is 1. The molecule has 90 valence electrons. The maximum absolute atomic E-state index is 11.6. The minimum absolute atomic E-state index is 0.0364. The smallest absolute Gasteiger partial charge is 0.220 e. The summed E-state index contributed by atoms with van der Waals surface area (Å²) in [5.74, 6) is -0.0364. The van der Waals surface area contributed by atoms with Gasteiger partial charge in [-0.3, -0.25) is 4.79 Å². The third kappa shape index (κ3) is 2.56. The number of aliphatic hydroxyl groups is 1. The van der Waals surface area contributed by atoms with Gasteiger partial charge in [-0.15, -0.1) is 6.58 Å². The molecule has 1 amide bonds. The number of allylic oxidation sites excluding steroid dienone is 1. The van der Waals surface area contributed by atoms with Crippen molar-refractivity contribution in [2.45, 2.75) is 31.4 Å². The SMILES string of the molecule is C=CCCC(=O)N[C@@H]1c2ccccc2C[C@H]1O. The van der Waals surface area contributed by atoms with Crippen LogP contribution in [0.15, 0.2) is 36.9 Å². The Kier molecular flexibility index (Phi) is 3.59. The van der Waals surface area contributed by atoms with Crippen molar-refractivity contribution in [1.82, 2.24) is 5.32 Å². The van der Waals surface area contributed by atoms with Gasteiger partial charge in [0.1, 0.15) is 0 Å². The number of fused-ring (bicyclic) bond motifs is 1. The summed E-state index contributed by atoms with van der Waals surface area (Å²) >= 11 is 0. The van der Waals surface area contributed by atoms with Crippen LogP contribution >= 0.6 is 0 Å². The largest absolute Gasteiger partial charge is 0.390 e. The number of amides is 1. The molecule has 2 N–H and O–H groups in total. The third-order valence-corrected chi connectivity index (χ3v) is 3.10. The summed E-state index contributed by atoms with van der Waals surface area (Å²) < 4.78 is 0. The van der Waals surface area contributed by atoms with Gasteiger partial charge >= 0.3 is 0 Å². The zero-order chi connectivity index (χ0) is 12.3. The molecule has 3 nitrogen and oxygen atoms in total. The highest BCUT2D eigenvalue weighted by Gasteiger charge is 2.31. The molecule has 0 saturated heterocycles. The van der Waals surface area contributed by atoms with Crippen molar-refractivity contribution in [2.75, 3.05) is 0 Å². The first-order chi connectivity index (χ1) is 8.22. The summed E-state index contributed by atoms with van der Waals surface area (Å²) in [6.45, 7) is 3.59. The minimum atomic E-state index is -0.514. The molecule has 0 bridgehead atoms. The van der Waals surface area contributed by atoms with E-state index in [1.54, 1.807) is 6.08 Å². The lowest BCUT2D eigenvalue weighted by atomic mass is 10.1. The lowest BCUT2D eigenvalue weighted by Crippen LogP contribution is -2.33. The number of aliphatic hydroxyl groups excluding tert-OH is 1. The molecule has 1 aliphatic rings. The molecular formula is C14H17NO2. The van der Waals surface area contributed by atoms with Gasteiger partial charge in [-0.25, -0.2) is 0 Å². The molecular weight excluding hydrogens is 214 g/mol. The maximum Gasteiger partial charge on any atom is 0.220 e. The average molecular weight is 231 g/mol. The topological polar surface area (TPSA) is 49.3 Å². The molecule has 0 fully saturated rings. The minimum Gasteiger partial charge on any atom is -0.390 e. The Morgan fingerprint density at radius 1 is 1.53 bits per heavy atom. The van der Waals surface area contributed by atoms with Crippen LogP contribution in [0.3, 0.4) is 0 Å². The molecule has 2 atom stereocenters. The van der Waals surface area contributed by atoms with Crippen molar-refractivity contribution >= 4 is 5.91 Å². The molecule has 0 saturated carbocycles. The fourth-order valence-electron chi connectivity index (χ4n) is 2.23. The first-order valence-corrected chi connectivity index (χ1v) is 5.88. The van der Waals surface area contributed by atoms with Crippen molar-refractivity contribution in [3.05, 3.63) is 48.0 Å². The van der Waals surface area contributed by atoms with Crippen LogP contribution in [0.4, 0.5) is 0 Å².